The van der Waals surface area contributed by atoms with E-state index in [0.29, 0.717) is 17.4 Å². The number of rotatable bonds is 3. The van der Waals surface area contributed by atoms with Crippen LogP contribution < -0.4 is 0 Å². The van der Waals surface area contributed by atoms with E-state index in [1.165, 1.54) is 6.07 Å². The van der Waals surface area contributed by atoms with Crippen LogP contribution in [0.25, 0.3) is 0 Å². The molecule has 2 aliphatic rings. The van der Waals surface area contributed by atoms with Crippen molar-refractivity contribution >= 4 is 6.29 Å². The Bertz CT molecular complexity index is 594. The highest BCUT2D eigenvalue weighted by Gasteiger charge is 2.35. The first-order chi connectivity index (χ1) is 11.9. The molecule has 0 bridgehead atoms. The van der Waals surface area contributed by atoms with Gasteiger partial charge in [0.1, 0.15) is 12.1 Å². The van der Waals surface area contributed by atoms with Crippen molar-refractivity contribution in [3.05, 3.63) is 35.1 Å². The van der Waals surface area contributed by atoms with E-state index >= 15 is 0 Å². The van der Waals surface area contributed by atoms with Crippen molar-refractivity contribution in [2.75, 3.05) is 0 Å². The molecule has 0 heterocycles. The predicted octanol–water partition coefficient (Wildman–Crippen LogP) is 6.12. The largest absolute Gasteiger partial charge is 0.419 e. The van der Waals surface area contributed by atoms with E-state index in [1.807, 2.05) is 0 Å². The van der Waals surface area contributed by atoms with Gasteiger partial charge in [-0.05, 0) is 86.8 Å². The molecule has 138 valence electrons. The highest BCUT2D eigenvalue weighted by molar-refractivity contribution is 5.53. The summed E-state index contributed by atoms with van der Waals surface area (Å²) < 4.78 is 51.8. The van der Waals surface area contributed by atoms with Crippen molar-refractivity contribution in [3.8, 4) is 0 Å². The van der Waals surface area contributed by atoms with Crippen molar-refractivity contribution in [3.63, 3.8) is 0 Å². The Morgan fingerprint density at radius 1 is 0.880 bits per heavy atom. The van der Waals surface area contributed by atoms with Crippen LogP contribution in [0, 0.1) is 23.6 Å². The fraction of sp³-hybridized carbons (Fsp3) is 0.650. The van der Waals surface area contributed by atoms with Gasteiger partial charge >= 0.3 is 6.18 Å². The molecule has 2 aliphatic carbocycles. The number of hydrogen-bond acceptors (Lipinski definition) is 1. The molecule has 0 atom stereocenters. The van der Waals surface area contributed by atoms with E-state index in [2.05, 4.69) is 0 Å². The van der Waals surface area contributed by atoms with Crippen LogP contribution in [0.4, 0.5) is 17.6 Å². The average molecular weight is 356 g/mol. The van der Waals surface area contributed by atoms with E-state index in [9.17, 15) is 22.4 Å². The number of benzene rings is 1. The molecule has 0 aromatic heterocycles. The third-order valence-electron chi connectivity index (χ3n) is 6.22. The van der Waals surface area contributed by atoms with Gasteiger partial charge in [0.2, 0.25) is 0 Å². The molecule has 25 heavy (non-hydrogen) atoms. The number of halogens is 4. The van der Waals surface area contributed by atoms with Gasteiger partial charge in [-0.1, -0.05) is 6.07 Å². The Morgan fingerprint density at radius 2 is 1.44 bits per heavy atom. The lowest BCUT2D eigenvalue weighted by atomic mass is 9.68. The average Bonchev–Trinajstić information content (AvgIpc) is 2.61. The van der Waals surface area contributed by atoms with Gasteiger partial charge in [0.25, 0.3) is 0 Å². The summed E-state index contributed by atoms with van der Waals surface area (Å²) in [6.07, 6.45) is 4.52. The third kappa shape index (κ3) is 4.24. The molecule has 0 spiro atoms. The highest BCUT2D eigenvalue weighted by atomic mass is 19.4. The summed E-state index contributed by atoms with van der Waals surface area (Å²) in [5.41, 5.74) is -0.495. The molecule has 1 aromatic carbocycles. The zero-order valence-corrected chi connectivity index (χ0v) is 14.2. The highest BCUT2D eigenvalue weighted by Crippen LogP contribution is 2.44. The van der Waals surface area contributed by atoms with Gasteiger partial charge in [0, 0.05) is 5.92 Å². The first-order valence-corrected chi connectivity index (χ1v) is 9.20. The number of aldehydes is 1. The topological polar surface area (TPSA) is 17.1 Å². The van der Waals surface area contributed by atoms with Crippen molar-refractivity contribution in [1.82, 2.24) is 0 Å². The maximum atomic E-state index is 13.8. The van der Waals surface area contributed by atoms with Gasteiger partial charge in [0.05, 0.1) is 5.56 Å². The zero-order chi connectivity index (χ0) is 18.0. The normalized spacial score (nSPS) is 30.9. The monoisotopic (exact) mass is 356 g/mol. The second-order valence-electron chi connectivity index (χ2n) is 7.66. The molecule has 0 saturated heterocycles. The Morgan fingerprint density at radius 3 is 1.92 bits per heavy atom. The molecule has 0 amide bonds. The lowest BCUT2D eigenvalue weighted by molar-refractivity contribution is -0.140. The van der Waals surface area contributed by atoms with E-state index < -0.39 is 17.6 Å². The van der Waals surface area contributed by atoms with E-state index in [0.717, 1.165) is 69.8 Å². The summed E-state index contributed by atoms with van der Waals surface area (Å²) in [7, 11) is 0. The van der Waals surface area contributed by atoms with E-state index in [1.54, 1.807) is 0 Å². The second-order valence-corrected chi connectivity index (χ2v) is 7.66. The number of alkyl halides is 3. The predicted molar refractivity (Wildman–Crippen MR) is 87.6 cm³/mol. The van der Waals surface area contributed by atoms with Crippen LogP contribution >= 0.6 is 0 Å². The van der Waals surface area contributed by atoms with Crippen LogP contribution in [-0.4, -0.2) is 6.29 Å². The van der Waals surface area contributed by atoms with E-state index in [4.69, 9.17) is 0 Å². The molecule has 3 rings (SSSR count). The van der Waals surface area contributed by atoms with Crippen molar-refractivity contribution in [1.29, 1.82) is 0 Å². The van der Waals surface area contributed by atoms with Gasteiger partial charge in [-0.15, -0.1) is 0 Å². The fourth-order valence-corrected chi connectivity index (χ4v) is 4.69. The van der Waals surface area contributed by atoms with Crippen molar-refractivity contribution in [2.45, 2.75) is 63.5 Å². The van der Waals surface area contributed by atoms with E-state index in [-0.39, 0.29) is 11.8 Å². The standard InChI is InChI=1S/C20H24F4O/c21-19-11-17(9-10-18(19)20(22,23)24)16-7-5-15(6-8-16)14-3-1-13(12-25)2-4-14/h9-16H,1-8H2/t13-,14-,15-,16-. The van der Waals surface area contributed by atoms with Crippen LogP contribution in [0.3, 0.4) is 0 Å². The minimum Gasteiger partial charge on any atom is -0.303 e. The van der Waals surface area contributed by atoms with Gasteiger partial charge in [-0.25, -0.2) is 4.39 Å². The number of carbonyl (C=O) groups excluding carboxylic acids is 1. The molecule has 0 N–H and O–H groups in total. The Hall–Kier alpha value is -1.39. The molecular formula is C20H24F4O. The minimum absolute atomic E-state index is 0.152. The van der Waals surface area contributed by atoms with Crippen molar-refractivity contribution < 1.29 is 22.4 Å². The fourth-order valence-electron chi connectivity index (χ4n) is 4.69. The number of carbonyl (C=O) groups is 1. The summed E-state index contributed by atoms with van der Waals surface area (Å²) in [4.78, 5) is 10.9. The summed E-state index contributed by atoms with van der Waals surface area (Å²) in [6, 6.07) is 3.38. The molecule has 0 radical (unpaired) electrons. The van der Waals surface area contributed by atoms with Crippen molar-refractivity contribution in [2.24, 2.45) is 17.8 Å². The van der Waals surface area contributed by atoms with Crippen LogP contribution in [0.15, 0.2) is 18.2 Å². The maximum absolute atomic E-state index is 13.8. The summed E-state index contributed by atoms with van der Waals surface area (Å²) in [5.74, 6) is 0.519. The Labute approximate surface area is 145 Å². The van der Waals surface area contributed by atoms with Crippen LogP contribution in [0.1, 0.15) is 68.4 Å². The van der Waals surface area contributed by atoms with Crippen LogP contribution in [0.5, 0.6) is 0 Å². The summed E-state index contributed by atoms with van der Waals surface area (Å²) in [6.45, 7) is 0. The van der Waals surface area contributed by atoms with Crippen LogP contribution in [-0.2, 0) is 11.0 Å². The first kappa shape index (κ1) is 18.4. The van der Waals surface area contributed by atoms with Gasteiger partial charge in [-0.2, -0.15) is 13.2 Å². The molecule has 2 saturated carbocycles. The molecule has 0 aliphatic heterocycles. The van der Waals surface area contributed by atoms with Gasteiger partial charge in [0.15, 0.2) is 0 Å². The quantitative estimate of drug-likeness (QED) is 0.471. The molecule has 1 aromatic rings. The zero-order valence-electron chi connectivity index (χ0n) is 14.2. The number of hydrogen-bond donors (Lipinski definition) is 0. The molecule has 1 nitrogen and oxygen atoms in total. The Balaban J connectivity index is 1.57. The smallest absolute Gasteiger partial charge is 0.303 e. The maximum Gasteiger partial charge on any atom is 0.419 e. The SMILES string of the molecule is O=C[C@H]1CC[C@H]([C@H]2CC[C@H](c3ccc(C(F)(F)F)c(F)c3)CC2)CC1. The van der Waals surface area contributed by atoms with Gasteiger partial charge in [-0.3, -0.25) is 0 Å². The lowest BCUT2D eigenvalue weighted by Gasteiger charge is -2.37. The van der Waals surface area contributed by atoms with Crippen LogP contribution in [0.2, 0.25) is 0 Å². The summed E-state index contributed by atoms with van der Waals surface area (Å²) >= 11 is 0. The molecule has 0 unspecified atom stereocenters. The Kier molecular flexibility index (Phi) is 5.49. The minimum atomic E-state index is -4.64. The van der Waals surface area contributed by atoms with Gasteiger partial charge < -0.3 is 4.79 Å². The molecule has 5 heteroatoms. The molecular weight excluding hydrogens is 332 g/mol. The lowest BCUT2D eigenvalue weighted by Crippen LogP contribution is -2.25. The third-order valence-corrected chi connectivity index (χ3v) is 6.22. The summed E-state index contributed by atoms with van der Waals surface area (Å²) in [5, 5.41) is 0. The second kappa shape index (κ2) is 7.46. The molecule has 2 fully saturated rings. The first-order valence-electron chi connectivity index (χ1n) is 9.20.